The van der Waals surface area contributed by atoms with Gasteiger partial charge in [-0.1, -0.05) is 36.4 Å². The number of nitrogens with zero attached hydrogens (tertiary/aromatic N) is 1. The van der Waals surface area contributed by atoms with E-state index in [1.54, 1.807) is 24.3 Å². The summed E-state index contributed by atoms with van der Waals surface area (Å²) in [5.74, 6) is -0.513. The van der Waals surface area contributed by atoms with Gasteiger partial charge in [-0.2, -0.15) is 0 Å². The Morgan fingerprint density at radius 1 is 0.810 bits per heavy atom. The Morgan fingerprint density at radius 3 is 1.76 bits per heavy atom. The van der Waals surface area contributed by atoms with E-state index in [-0.39, 0.29) is 23.5 Å². The van der Waals surface area contributed by atoms with E-state index < -0.39 is 0 Å². The number of hydrogen-bond donors (Lipinski definition) is 0. The van der Waals surface area contributed by atoms with Crippen LogP contribution in [0.4, 0.5) is 8.78 Å². The number of halogens is 2. The second-order valence-corrected chi connectivity index (χ2v) is 5.53. The summed E-state index contributed by atoms with van der Waals surface area (Å²) in [7, 11) is 0. The van der Waals surface area contributed by atoms with Gasteiger partial charge in [-0.25, -0.2) is 14.1 Å². The fourth-order valence-corrected chi connectivity index (χ4v) is 3.23. The van der Waals surface area contributed by atoms with Gasteiger partial charge < -0.3 is 0 Å². The molecule has 1 radical (unpaired) electrons. The fourth-order valence-electron chi connectivity index (χ4n) is 3.23. The molecule has 0 spiro atoms. The molecule has 1 saturated heterocycles. The minimum Gasteiger partial charge on any atom is -0.242 e. The van der Waals surface area contributed by atoms with E-state index in [0.717, 1.165) is 25.9 Å². The normalized spacial score (nSPS) is 16.3. The summed E-state index contributed by atoms with van der Waals surface area (Å²) in [6.07, 6.45) is 1.76. The lowest BCUT2D eigenvalue weighted by molar-refractivity contribution is 0.329. The highest BCUT2D eigenvalue weighted by molar-refractivity contribution is 5.35. The monoisotopic (exact) mass is 286 g/mol. The largest absolute Gasteiger partial charge is 0.242 e. The number of rotatable bonds is 3. The van der Waals surface area contributed by atoms with Crippen LogP contribution in [0.2, 0.25) is 0 Å². The maximum absolute atomic E-state index is 14.3. The summed E-state index contributed by atoms with van der Waals surface area (Å²) in [5, 5.41) is 4.35. The first-order valence-corrected chi connectivity index (χ1v) is 7.39. The maximum atomic E-state index is 14.3. The highest BCUT2D eigenvalue weighted by Gasteiger charge is 2.30. The van der Waals surface area contributed by atoms with Crippen LogP contribution in [0.25, 0.3) is 0 Å². The molecule has 1 fully saturated rings. The molecule has 0 saturated carbocycles. The van der Waals surface area contributed by atoms with Gasteiger partial charge in [-0.3, -0.25) is 0 Å². The van der Waals surface area contributed by atoms with Crippen molar-refractivity contribution in [3.8, 4) is 0 Å². The Balaban J connectivity index is 2.07. The van der Waals surface area contributed by atoms with E-state index in [1.807, 2.05) is 12.1 Å². The van der Waals surface area contributed by atoms with Crippen LogP contribution in [0.5, 0.6) is 0 Å². The Kier molecular flexibility index (Phi) is 4.30. The predicted octanol–water partition coefficient (Wildman–Crippen LogP) is 4.11. The van der Waals surface area contributed by atoms with E-state index in [4.69, 9.17) is 0 Å². The van der Waals surface area contributed by atoms with Crippen LogP contribution in [0.1, 0.15) is 29.9 Å². The smallest absolute Gasteiger partial charge is 0.127 e. The third kappa shape index (κ3) is 2.98. The van der Waals surface area contributed by atoms with E-state index in [0.29, 0.717) is 11.1 Å². The van der Waals surface area contributed by atoms with Crippen LogP contribution >= 0.6 is 0 Å². The van der Waals surface area contributed by atoms with Gasteiger partial charge in [-0.15, -0.1) is 0 Å². The van der Waals surface area contributed by atoms with E-state index in [2.05, 4.69) is 5.32 Å². The zero-order chi connectivity index (χ0) is 14.7. The molecule has 0 aromatic heterocycles. The van der Waals surface area contributed by atoms with Gasteiger partial charge in [0, 0.05) is 19.0 Å². The van der Waals surface area contributed by atoms with Gasteiger partial charge in [0.25, 0.3) is 0 Å². The van der Waals surface area contributed by atoms with Crippen LogP contribution in [-0.2, 0) is 0 Å². The lowest BCUT2D eigenvalue weighted by Crippen LogP contribution is -2.28. The minimum absolute atomic E-state index is 0.233. The molecule has 3 rings (SSSR count). The van der Waals surface area contributed by atoms with Crippen LogP contribution in [-0.4, -0.2) is 13.1 Å². The van der Waals surface area contributed by atoms with Gasteiger partial charge >= 0.3 is 0 Å². The quantitative estimate of drug-likeness (QED) is 0.806. The average molecular weight is 286 g/mol. The van der Waals surface area contributed by atoms with Gasteiger partial charge in [-0.05, 0) is 42.0 Å². The second-order valence-electron chi connectivity index (χ2n) is 5.53. The Hall–Kier alpha value is -1.74. The third-order valence-electron chi connectivity index (χ3n) is 4.27. The van der Waals surface area contributed by atoms with Gasteiger partial charge in [0.1, 0.15) is 11.6 Å². The standard InChI is InChI=1S/C18H18F2N/c19-16-7-3-1-5-14(16)18(13-9-11-21-12-10-13)15-6-2-4-8-17(15)20/h1-8,13,18H,9-12H2. The van der Waals surface area contributed by atoms with Crippen molar-refractivity contribution in [2.75, 3.05) is 13.1 Å². The van der Waals surface area contributed by atoms with Crippen LogP contribution in [0.15, 0.2) is 48.5 Å². The Labute approximate surface area is 124 Å². The molecule has 1 heterocycles. The molecule has 2 aromatic carbocycles. The van der Waals surface area contributed by atoms with Crippen molar-refractivity contribution < 1.29 is 8.78 Å². The molecule has 109 valence electrons. The highest BCUT2D eigenvalue weighted by atomic mass is 19.1. The van der Waals surface area contributed by atoms with Crippen molar-refractivity contribution in [1.82, 2.24) is 5.32 Å². The third-order valence-corrected chi connectivity index (χ3v) is 4.27. The summed E-state index contributed by atoms with van der Waals surface area (Å²) < 4.78 is 28.5. The topological polar surface area (TPSA) is 14.1 Å². The van der Waals surface area contributed by atoms with Crippen molar-refractivity contribution in [2.45, 2.75) is 18.8 Å². The predicted molar refractivity (Wildman–Crippen MR) is 79.2 cm³/mol. The molecule has 21 heavy (non-hydrogen) atoms. The first-order chi connectivity index (χ1) is 10.3. The summed E-state index contributed by atoms with van der Waals surface area (Å²) in [4.78, 5) is 0. The molecular formula is C18H18F2N. The molecule has 0 atom stereocenters. The second kappa shape index (κ2) is 6.35. The molecule has 1 aliphatic heterocycles. The lowest BCUT2D eigenvalue weighted by atomic mass is 9.76. The van der Waals surface area contributed by atoms with Gasteiger partial charge in [0.15, 0.2) is 0 Å². The zero-order valence-electron chi connectivity index (χ0n) is 11.8. The first-order valence-electron chi connectivity index (χ1n) is 7.39. The first kappa shape index (κ1) is 14.2. The zero-order valence-corrected chi connectivity index (χ0v) is 11.8. The Morgan fingerprint density at radius 2 is 1.29 bits per heavy atom. The summed E-state index contributed by atoms with van der Waals surface area (Å²) in [5.41, 5.74) is 1.18. The summed E-state index contributed by atoms with van der Waals surface area (Å²) >= 11 is 0. The Bertz CT molecular complexity index is 560. The van der Waals surface area contributed by atoms with Gasteiger partial charge in [0.2, 0.25) is 0 Å². The van der Waals surface area contributed by atoms with Crippen LogP contribution in [0.3, 0.4) is 0 Å². The van der Waals surface area contributed by atoms with Gasteiger partial charge in [0.05, 0.1) is 0 Å². The minimum atomic E-state index is -0.256. The highest BCUT2D eigenvalue weighted by Crippen LogP contribution is 2.39. The molecule has 0 aliphatic carbocycles. The van der Waals surface area contributed by atoms with E-state index >= 15 is 0 Å². The molecule has 0 N–H and O–H groups in total. The van der Waals surface area contributed by atoms with E-state index in [1.165, 1.54) is 12.1 Å². The summed E-state index contributed by atoms with van der Waals surface area (Å²) in [6, 6.07) is 13.4. The average Bonchev–Trinajstić information content (AvgIpc) is 2.52. The fraction of sp³-hybridized carbons (Fsp3) is 0.333. The van der Waals surface area contributed by atoms with Crippen molar-refractivity contribution in [3.63, 3.8) is 0 Å². The molecule has 2 aromatic rings. The number of piperidine rings is 1. The van der Waals surface area contributed by atoms with E-state index in [9.17, 15) is 8.78 Å². The van der Waals surface area contributed by atoms with Crippen LogP contribution in [0, 0.1) is 17.6 Å². The maximum Gasteiger partial charge on any atom is 0.127 e. The number of hydrogen-bond acceptors (Lipinski definition) is 0. The van der Waals surface area contributed by atoms with Crippen molar-refractivity contribution in [3.05, 3.63) is 71.3 Å². The molecule has 0 amide bonds. The van der Waals surface area contributed by atoms with Crippen molar-refractivity contribution >= 4 is 0 Å². The molecule has 1 nitrogen and oxygen atoms in total. The van der Waals surface area contributed by atoms with Crippen molar-refractivity contribution in [2.24, 2.45) is 5.92 Å². The lowest BCUT2D eigenvalue weighted by Gasteiger charge is -2.31. The molecule has 0 bridgehead atoms. The molecule has 0 unspecified atom stereocenters. The number of benzene rings is 2. The molecule has 3 heteroatoms. The molecule has 1 aliphatic rings. The SMILES string of the molecule is Fc1ccccc1C(c1ccccc1F)C1CC[N]CC1. The van der Waals surface area contributed by atoms with Crippen molar-refractivity contribution in [1.29, 1.82) is 0 Å². The van der Waals surface area contributed by atoms with Crippen LogP contribution < -0.4 is 5.32 Å². The summed E-state index contributed by atoms with van der Waals surface area (Å²) in [6.45, 7) is 1.56. The molecular weight excluding hydrogens is 268 g/mol.